The zero-order valence-corrected chi connectivity index (χ0v) is 21.8. The maximum Gasteiger partial charge on any atom is 0.349 e. The molecule has 3 fully saturated rings. The number of hydrogen-bond acceptors (Lipinski definition) is 6. The molecule has 2 bridgehead atoms. The van der Waals surface area contributed by atoms with Gasteiger partial charge in [0.25, 0.3) is 0 Å². The van der Waals surface area contributed by atoms with E-state index in [0.29, 0.717) is 22.7 Å². The Morgan fingerprint density at radius 2 is 1.76 bits per heavy atom. The van der Waals surface area contributed by atoms with Crippen LogP contribution in [0.15, 0.2) is 65.2 Å². The lowest BCUT2D eigenvalue weighted by atomic mass is 9.83. The van der Waals surface area contributed by atoms with Gasteiger partial charge in [0.05, 0.1) is 42.8 Å². The molecule has 34 heavy (non-hydrogen) atoms. The predicted octanol–water partition coefficient (Wildman–Crippen LogP) is 1.67. The van der Waals surface area contributed by atoms with Crippen LogP contribution in [0.25, 0.3) is 0 Å². The first-order chi connectivity index (χ1) is 18.2. The molecule has 0 radical (unpaired) electrons. The quantitative estimate of drug-likeness (QED) is 0.242. The summed E-state index contributed by atoms with van der Waals surface area (Å²) in [4.78, 5) is 14.6. The van der Waals surface area contributed by atoms with Crippen molar-refractivity contribution in [3.8, 4) is 5.75 Å². The first-order valence-electron chi connectivity index (χ1n) is 13.7. The van der Waals surface area contributed by atoms with E-state index in [1.807, 2.05) is 22.9 Å². The van der Waals surface area contributed by atoms with Crippen LogP contribution in [0.1, 0.15) is 35.9 Å². The summed E-state index contributed by atoms with van der Waals surface area (Å²) in [6.07, 6.45) is 2.19. The second kappa shape index (κ2) is 10.9. The fourth-order valence-corrected chi connectivity index (χ4v) is 6.78. The summed E-state index contributed by atoms with van der Waals surface area (Å²) in [7, 11) is 0. The minimum absolute atomic E-state index is 0. The fourth-order valence-electron chi connectivity index (χ4n) is 5.07. The van der Waals surface area contributed by atoms with Gasteiger partial charge < -0.3 is 36.0 Å². The SMILES string of the molecule is [2H]c1c([2H])c([2H])c(OCCC[N+]23CCC(CC2)[C@@H](OC(=O)C(O)(c2cccs2)c2cccs2)C3)c([2H])c1[2H].[Br-]. The van der Waals surface area contributed by atoms with Crippen molar-refractivity contribution in [3.63, 3.8) is 0 Å². The van der Waals surface area contributed by atoms with E-state index in [1.165, 1.54) is 22.7 Å². The minimum Gasteiger partial charge on any atom is -1.00 e. The molecular formula is C26H30BrNO4S2. The third-order valence-corrected chi connectivity index (χ3v) is 8.81. The topological polar surface area (TPSA) is 55.8 Å². The average molecular weight is 570 g/mol. The van der Waals surface area contributed by atoms with E-state index < -0.39 is 29.7 Å². The normalized spacial score (nSPS) is 25.9. The van der Waals surface area contributed by atoms with E-state index in [1.54, 1.807) is 12.1 Å². The van der Waals surface area contributed by atoms with Gasteiger partial charge in [-0.2, -0.15) is 0 Å². The number of benzene rings is 1. The monoisotopic (exact) mass is 568 g/mol. The molecule has 0 unspecified atom stereocenters. The number of halogens is 1. The lowest BCUT2D eigenvalue weighted by Gasteiger charge is -2.52. The smallest absolute Gasteiger partial charge is 0.349 e. The van der Waals surface area contributed by atoms with Gasteiger partial charge in [-0.1, -0.05) is 30.3 Å². The largest absolute Gasteiger partial charge is 1.00 e. The van der Waals surface area contributed by atoms with Crippen molar-refractivity contribution < 1.29 is 47.7 Å². The summed E-state index contributed by atoms with van der Waals surface area (Å²) >= 11 is 2.65. The Hall–Kier alpha value is -1.71. The van der Waals surface area contributed by atoms with Crippen LogP contribution in [-0.2, 0) is 15.1 Å². The number of nitrogens with zero attached hydrogens (tertiary/aromatic N) is 1. The number of thiophene rings is 2. The maximum absolute atomic E-state index is 13.5. The molecule has 2 aromatic heterocycles. The van der Waals surface area contributed by atoms with Gasteiger partial charge >= 0.3 is 5.97 Å². The highest BCUT2D eigenvalue weighted by atomic mass is 79.9. The molecular weight excluding hydrogens is 534 g/mol. The molecule has 0 amide bonds. The van der Waals surface area contributed by atoms with Gasteiger partial charge in [0, 0.05) is 25.2 Å². The van der Waals surface area contributed by atoms with Crippen molar-refractivity contribution in [1.29, 1.82) is 0 Å². The zero-order valence-electron chi connectivity index (χ0n) is 23.6. The molecule has 8 heteroatoms. The number of carbonyl (C=O) groups is 1. The second-order valence-corrected chi connectivity index (χ2v) is 10.7. The first kappa shape index (κ1) is 19.5. The van der Waals surface area contributed by atoms with Crippen LogP contribution in [0.2, 0.25) is 0 Å². The summed E-state index contributed by atoms with van der Waals surface area (Å²) in [5.74, 6) is -0.498. The van der Waals surface area contributed by atoms with Crippen molar-refractivity contribution >= 4 is 28.6 Å². The van der Waals surface area contributed by atoms with E-state index in [0.717, 1.165) is 37.0 Å². The standard InChI is InChI=1S/C26H30NO4S2.BrH/c28-25(26(29,23-9-4-17-32-23)24-10-5-18-33-24)31-22-19-27(14-11-20(22)12-15-27)13-6-16-30-21-7-2-1-3-8-21;/h1-5,7-10,17-18,20,22,29H,6,11-16,19H2;1H/q+1;/p-1/t20?,22-,27?;/m0./s1/i1D,2D,3D,7D,8D;. The van der Waals surface area contributed by atoms with Crippen molar-refractivity contribution in [2.24, 2.45) is 5.92 Å². The Morgan fingerprint density at radius 1 is 1.12 bits per heavy atom. The number of piperidine rings is 3. The van der Waals surface area contributed by atoms with Crippen LogP contribution in [0.5, 0.6) is 5.75 Å². The maximum atomic E-state index is 13.5. The molecule has 0 spiro atoms. The number of esters is 1. The lowest BCUT2D eigenvalue weighted by Crippen LogP contribution is -3.00. The number of quaternary nitrogens is 1. The molecule has 0 aliphatic carbocycles. The lowest BCUT2D eigenvalue weighted by molar-refractivity contribution is -0.946. The highest BCUT2D eigenvalue weighted by molar-refractivity contribution is 7.12. The molecule has 1 atom stereocenters. The number of para-hydroxylation sites is 1. The number of rotatable bonds is 9. The minimum atomic E-state index is -1.82. The van der Waals surface area contributed by atoms with E-state index in [9.17, 15) is 9.90 Å². The van der Waals surface area contributed by atoms with Crippen LogP contribution >= 0.6 is 22.7 Å². The number of aliphatic hydroxyl groups is 1. The molecule has 5 nitrogen and oxygen atoms in total. The summed E-state index contributed by atoms with van der Waals surface area (Å²) in [6.45, 7) is 3.58. The molecule has 1 aromatic carbocycles. The van der Waals surface area contributed by atoms with Crippen molar-refractivity contribution in [2.75, 3.05) is 32.8 Å². The van der Waals surface area contributed by atoms with Gasteiger partial charge in [-0.3, -0.25) is 0 Å². The summed E-state index contributed by atoms with van der Waals surface area (Å²) in [5.41, 5.74) is -1.82. The van der Waals surface area contributed by atoms with Gasteiger partial charge in [-0.05, 0) is 35.0 Å². The van der Waals surface area contributed by atoms with E-state index in [2.05, 4.69) is 0 Å². The van der Waals surface area contributed by atoms with Crippen LogP contribution in [0.4, 0.5) is 0 Å². The van der Waals surface area contributed by atoms with Crippen molar-refractivity contribution in [3.05, 3.63) is 75.0 Å². The van der Waals surface area contributed by atoms with Crippen LogP contribution < -0.4 is 21.7 Å². The first-order valence-corrected chi connectivity index (χ1v) is 13.0. The highest BCUT2D eigenvalue weighted by Gasteiger charge is 2.51. The predicted molar refractivity (Wildman–Crippen MR) is 131 cm³/mol. The molecule has 3 aliphatic heterocycles. The number of fused-ring (bicyclic) bond motifs is 3. The number of hydrogen-bond donors (Lipinski definition) is 1. The highest BCUT2D eigenvalue weighted by Crippen LogP contribution is 2.40. The zero-order chi connectivity index (χ0) is 27.1. The second-order valence-electron chi connectivity index (χ2n) is 8.80. The van der Waals surface area contributed by atoms with Crippen molar-refractivity contribution in [1.82, 2.24) is 0 Å². The number of carbonyl (C=O) groups excluding carboxylic acids is 1. The van der Waals surface area contributed by atoms with Crippen LogP contribution in [-0.4, -0.2) is 54.4 Å². The van der Waals surface area contributed by atoms with Crippen molar-refractivity contribution in [2.45, 2.75) is 31.0 Å². The Morgan fingerprint density at radius 3 is 2.35 bits per heavy atom. The van der Waals surface area contributed by atoms with Gasteiger partial charge in [0.15, 0.2) is 6.10 Å². The summed E-state index contributed by atoms with van der Waals surface area (Å²) in [5, 5.41) is 15.3. The van der Waals surface area contributed by atoms with E-state index in [-0.39, 0.29) is 53.4 Å². The molecule has 1 N–H and O–H groups in total. The molecule has 0 saturated carbocycles. The van der Waals surface area contributed by atoms with Crippen LogP contribution in [0.3, 0.4) is 0 Å². The molecule has 182 valence electrons. The molecule has 5 heterocycles. The van der Waals surface area contributed by atoms with Crippen LogP contribution in [0, 0.1) is 5.92 Å². The Bertz CT molecular complexity index is 1240. The Kier molecular flexibility index (Phi) is 6.25. The van der Waals surface area contributed by atoms with E-state index >= 15 is 0 Å². The third-order valence-electron chi connectivity index (χ3n) is 6.85. The number of ether oxygens (including phenoxy) is 2. The Labute approximate surface area is 226 Å². The summed E-state index contributed by atoms with van der Waals surface area (Å²) in [6, 6.07) is 5.21. The summed E-state index contributed by atoms with van der Waals surface area (Å²) < 4.78 is 51.9. The average Bonchev–Trinajstić information content (AvgIpc) is 3.66. The molecule has 6 rings (SSSR count). The van der Waals surface area contributed by atoms with Gasteiger partial charge in [-0.15, -0.1) is 22.7 Å². The van der Waals surface area contributed by atoms with E-state index in [4.69, 9.17) is 16.3 Å². The van der Waals surface area contributed by atoms with Gasteiger partial charge in [0.2, 0.25) is 5.60 Å². The molecule has 3 aromatic rings. The Balaban J connectivity index is 0.00000353. The fraction of sp³-hybridized carbons (Fsp3) is 0.423. The third kappa shape index (κ3) is 5.11. The van der Waals surface area contributed by atoms with Gasteiger partial charge in [0.1, 0.15) is 12.3 Å². The van der Waals surface area contributed by atoms with Gasteiger partial charge in [-0.25, -0.2) is 4.79 Å². The molecule has 3 saturated heterocycles. The molecule has 3 aliphatic rings.